The van der Waals surface area contributed by atoms with Crippen molar-refractivity contribution in [3.8, 4) is 0 Å². The third kappa shape index (κ3) is 3.34. The van der Waals surface area contributed by atoms with E-state index in [0.717, 1.165) is 0 Å². The number of esters is 1. The Morgan fingerprint density at radius 3 is 2.81 bits per heavy atom. The molecule has 0 aromatic carbocycles. The quantitative estimate of drug-likeness (QED) is 0.440. The molecule has 0 saturated carbocycles. The summed E-state index contributed by atoms with van der Waals surface area (Å²) < 4.78 is 30.3. The van der Waals surface area contributed by atoms with E-state index in [0.29, 0.717) is 9.13 Å². The van der Waals surface area contributed by atoms with Gasteiger partial charge in [0.1, 0.15) is 10.3 Å². The molecule has 3 nitrogen and oxygen atoms in total. The zero-order valence-electron chi connectivity index (χ0n) is 8.14. The molecule has 1 rings (SSSR count). The lowest BCUT2D eigenvalue weighted by Gasteiger charge is -2.08. The van der Waals surface area contributed by atoms with E-state index in [4.69, 9.17) is 0 Å². The minimum absolute atomic E-state index is 0.0460. The van der Waals surface area contributed by atoms with Crippen LogP contribution in [0.4, 0.5) is 8.78 Å². The molecule has 0 radical (unpaired) electrons. The van der Waals surface area contributed by atoms with Crippen LogP contribution in [0, 0.1) is 3.57 Å². The number of carbonyl (C=O) groups excluding carboxylic acids is 1. The average molecular weight is 406 g/mol. The van der Waals surface area contributed by atoms with Gasteiger partial charge in [-0.05, 0) is 50.2 Å². The molecule has 0 unspecified atom stereocenters. The third-order valence-electron chi connectivity index (χ3n) is 1.80. The molecule has 0 bridgehead atoms. The van der Waals surface area contributed by atoms with Gasteiger partial charge >= 0.3 is 5.97 Å². The number of aromatic nitrogens is 1. The van der Waals surface area contributed by atoms with Gasteiger partial charge in [-0.1, -0.05) is 0 Å². The fraction of sp³-hybridized carbons (Fsp3) is 0.333. The maximum atomic E-state index is 12.6. The van der Waals surface area contributed by atoms with Gasteiger partial charge in [-0.25, -0.2) is 13.8 Å². The van der Waals surface area contributed by atoms with E-state index < -0.39 is 12.4 Å². The highest BCUT2D eigenvalue weighted by Crippen LogP contribution is 2.28. The van der Waals surface area contributed by atoms with Gasteiger partial charge in [0.25, 0.3) is 6.43 Å². The lowest BCUT2D eigenvalue weighted by molar-refractivity contribution is -0.139. The summed E-state index contributed by atoms with van der Waals surface area (Å²) in [5.74, 6) is -0.476. The normalized spacial score (nSPS) is 10.6. The predicted molar refractivity (Wildman–Crippen MR) is 65.3 cm³/mol. The van der Waals surface area contributed by atoms with Crippen molar-refractivity contribution in [1.82, 2.24) is 4.98 Å². The van der Waals surface area contributed by atoms with Crippen molar-refractivity contribution >= 4 is 44.5 Å². The summed E-state index contributed by atoms with van der Waals surface area (Å²) in [7, 11) is 1.25. The Morgan fingerprint density at radius 1 is 1.69 bits per heavy atom. The highest BCUT2D eigenvalue weighted by atomic mass is 127. The number of nitrogens with zero attached hydrogens (tertiary/aromatic N) is 1. The highest BCUT2D eigenvalue weighted by molar-refractivity contribution is 14.1. The summed E-state index contributed by atoms with van der Waals surface area (Å²) in [6.07, 6.45) is -2.71. The Hall–Kier alpha value is -0.310. The molecule has 0 amide bonds. The van der Waals surface area contributed by atoms with Gasteiger partial charge in [0.05, 0.1) is 13.5 Å². The maximum absolute atomic E-state index is 12.6. The average Bonchev–Trinajstić information content (AvgIpc) is 2.22. The first-order valence-electron chi connectivity index (χ1n) is 4.15. The molecule has 88 valence electrons. The van der Waals surface area contributed by atoms with Crippen molar-refractivity contribution in [2.24, 2.45) is 0 Å². The zero-order chi connectivity index (χ0) is 12.3. The van der Waals surface area contributed by atoms with Crippen LogP contribution in [0.5, 0.6) is 0 Å². The standard InChI is InChI=1S/C9H7BrF2INO2/c1-16-6(15)3-4-2-5(10)14-8(7(4)13)9(11)12/h2,9H,3H2,1H3. The molecule has 1 heterocycles. The van der Waals surface area contributed by atoms with Crippen LogP contribution >= 0.6 is 38.5 Å². The number of rotatable bonds is 3. The van der Waals surface area contributed by atoms with Crippen LogP contribution in [0.3, 0.4) is 0 Å². The second kappa shape index (κ2) is 5.85. The van der Waals surface area contributed by atoms with E-state index in [-0.39, 0.29) is 16.7 Å². The van der Waals surface area contributed by atoms with Crippen LogP contribution in [0.1, 0.15) is 17.7 Å². The monoisotopic (exact) mass is 405 g/mol. The van der Waals surface area contributed by atoms with Crippen LogP contribution in [-0.4, -0.2) is 18.1 Å². The van der Waals surface area contributed by atoms with Crippen molar-refractivity contribution < 1.29 is 18.3 Å². The number of halogens is 4. The van der Waals surface area contributed by atoms with Crippen LogP contribution in [0.15, 0.2) is 10.7 Å². The number of alkyl halides is 2. The highest BCUT2D eigenvalue weighted by Gasteiger charge is 2.19. The molecule has 0 aliphatic rings. The van der Waals surface area contributed by atoms with Gasteiger partial charge in [0, 0.05) is 3.57 Å². The van der Waals surface area contributed by atoms with Gasteiger partial charge in [-0.15, -0.1) is 0 Å². The fourth-order valence-corrected chi connectivity index (χ4v) is 2.24. The van der Waals surface area contributed by atoms with Gasteiger partial charge in [-0.2, -0.15) is 0 Å². The second-order valence-corrected chi connectivity index (χ2v) is 4.75. The first-order chi connectivity index (χ1) is 7.45. The SMILES string of the molecule is COC(=O)Cc1cc(Br)nc(C(F)F)c1I. The fourth-order valence-electron chi connectivity index (χ4n) is 1.07. The van der Waals surface area contributed by atoms with E-state index >= 15 is 0 Å². The van der Waals surface area contributed by atoms with E-state index in [9.17, 15) is 13.6 Å². The van der Waals surface area contributed by atoms with E-state index in [1.807, 2.05) is 0 Å². The summed E-state index contributed by atoms with van der Waals surface area (Å²) in [4.78, 5) is 14.8. The summed E-state index contributed by atoms with van der Waals surface area (Å²) in [6, 6.07) is 1.53. The minimum Gasteiger partial charge on any atom is -0.469 e. The molecule has 0 N–H and O–H groups in total. The molecular formula is C9H7BrF2INO2. The lowest BCUT2D eigenvalue weighted by Crippen LogP contribution is -2.08. The van der Waals surface area contributed by atoms with Gasteiger partial charge in [-0.3, -0.25) is 4.79 Å². The Kier molecular flexibility index (Phi) is 5.03. The number of pyridine rings is 1. The smallest absolute Gasteiger partial charge is 0.310 e. The first kappa shape index (κ1) is 13.8. The Labute approximate surface area is 113 Å². The predicted octanol–water partition coefficient (Wildman–Crippen LogP) is 3.10. The van der Waals surface area contributed by atoms with Crippen LogP contribution in [0.25, 0.3) is 0 Å². The Morgan fingerprint density at radius 2 is 2.31 bits per heavy atom. The molecule has 7 heteroatoms. The van der Waals surface area contributed by atoms with Crippen molar-refractivity contribution in [2.45, 2.75) is 12.8 Å². The molecule has 1 aromatic rings. The largest absolute Gasteiger partial charge is 0.469 e. The van der Waals surface area contributed by atoms with Crippen molar-refractivity contribution in [3.63, 3.8) is 0 Å². The van der Waals surface area contributed by atoms with Gasteiger partial charge in [0.15, 0.2) is 0 Å². The molecule has 0 spiro atoms. The van der Waals surface area contributed by atoms with Crippen molar-refractivity contribution in [3.05, 3.63) is 25.5 Å². The van der Waals surface area contributed by atoms with E-state index in [1.54, 1.807) is 22.6 Å². The number of hydrogen-bond acceptors (Lipinski definition) is 3. The summed E-state index contributed by atoms with van der Waals surface area (Å²) in [5, 5.41) is 0. The third-order valence-corrected chi connectivity index (χ3v) is 3.45. The molecule has 0 aliphatic carbocycles. The Balaban J connectivity index is 3.14. The topological polar surface area (TPSA) is 39.2 Å². The number of methoxy groups -OCH3 is 1. The summed E-state index contributed by atoms with van der Waals surface area (Å²) in [6.45, 7) is 0. The molecule has 0 aliphatic heterocycles. The molecule has 16 heavy (non-hydrogen) atoms. The van der Waals surface area contributed by atoms with Gasteiger partial charge < -0.3 is 4.74 Å². The second-order valence-electron chi connectivity index (χ2n) is 2.86. The maximum Gasteiger partial charge on any atom is 0.310 e. The van der Waals surface area contributed by atoms with Crippen molar-refractivity contribution in [2.75, 3.05) is 7.11 Å². The Bertz CT molecular complexity index is 415. The molecule has 0 saturated heterocycles. The zero-order valence-corrected chi connectivity index (χ0v) is 11.9. The minimum atomic E-state index is -2.67. The van der Waals surface area contributed by atoms with Crippen LogP contribution in [-0.2, 0) is 16.0 Å². The molecular weight excluding hydrogens is 399 g/mol. The molecule has 1 aromatic heterocycles. The van der Waals surface area contributed by atoms with E-state index in [1.165, 1.54) is 13.2 Å². The summed E-state index contributed by atoms with van der Waals surface area (Å²) >= 11 is 4.78. The first-order valence-corrected chi connectivity index (χ1v) is 6.02. The number of hydrogen-bond donors (Lipinski definition) is 0. The molecule has 0 fully saturated rings. The van der Waals surface area contributed by atoms with E-state index in [2.05, 4.69) is 25.7 Å². The molecule has 0 atom stereocenters. The number of ether oxygens (including phenoxy) is 1. The van der Waals surface area contributed by atoms with Crippen LogP contribution < -0.4 is 0 Å². The lowest BCUT2D eigenvalue weighted by atomic mass is 10.1. The van der Waals surface area contributed by atoms with Crippen LogP contribution in [0.2, 0.25) is 0 Å². The number of carbonyl (C=O) groups is 1. The van der Waals surface area contributed by atoms with Crippen molar-refractivity contribution in [1.29, 1.82) is 0 Å². The summed E-state index contributed by atoms with van der Waals surface area (Å²) in [5.41, 5.74) is 0.151. The van der Waals surface area contributed by atoms with Gasteiger partial charge in [0.2, 0.25) is 0 Å².